The van der Waals surface area contributed by atoms with Crippen LogP contribution in [0, 0.1) is 0 Å². The summed E-state index contributed by atoms with van der Waals surface area (Å²) in [7, 11) is 0. The molecule has 0 atom stereocenters. The summed E-state index contributed by atoms with van der Waals surface area (Å²) < 4.78 is 6.20. The maximum atomic E-state index is 11.4. The maximum absolute atomic E-state index is 11.4. The molecule has 3 rings (SSSR count). The highest BCUT2D eigenvalue weighted by atomic mass is 79.9. The predicted octanol–water partition coefficient (Wildman–Crippen LogP) is 2.74. The predicted molar refractivity (Wildman–Crippen MR) is 55.5 cm³/mol. The van der Waals surface area contributed by atoms with E-state index in [0.29, 0.717) is 16.7 Å². The lowest BCUT2D eigenvalue weighted by Gasteiger charge is -2.14. The van der Waals surface area contributed by atoms with Crippen LogP contribution in [0.15, 0.2) is 45.4 Å². The minimum Gasteiger partial charge on any atom is -0.459 e. The van der Waals surface area contributed by atoms with Crippen LogP contribution in [0.4, 0.5) is 0 Å². The second-order valence-electron chi connectivity index (χ2n) is 3.49. The van der Waals surface area contributed by atoms with E-state index in [1.165, 1.54) is 5.57 Å². The first-order chi connectivity index (χ1) is 6.75. The second-order valence-corrected chi connectivity index (χ2v) is 4.28. The third-order valence-corrected chi connectivity index (χ3v) is 3.29. The van der Waals surface area contributed by atoms with Gasteiger partial charge in [0.2, 0.25) is 0 Å². The molecule has 2 aliphatic carbocycles. The number of Topliss-reactive ketones (excluding diaryl/α,β-unsaturated/α-hetero) is 1. The smallest absolute Gasteiger partial charge is 0.177 e. The lowest BCUT2D eigenvalue weighted by molar-refractivity contribution is -0.114. The number of halogens is 1. The van der Waals surface area contributed by atoms with Gasteiger partial charge in [-0.1, -0.05) is 18.2 Å². The Kier molecular flexibility index (Phi) is 1.59. The van der Waals surface area contributed by atoms with Crippen LogP contribution in [-0.2, 0) is 9.53 Å². The fourth-order valence-electron chi connectivity index (χ4n) is 1.58. The van der Waals surface area contributed by atoms with E-state index in [-0.39, 0.29) is 5.78 Å². The quantitative estimate of drug-likeness (QED) is 0.661. The summed E-state index contributed by atoms with van der Waals surface area (Å²) in [6.45, 7) is 0. The standard InChI is InChI=1S/C11H7BrO2/c12-10-8(13)4-3-6-1-2-7-5-9(7)14-11(6)10/h1-3H,4-5H2. The van der Waals surface area contributed by atoms with E-state index in [2.05, 4.69) is 22.0 Å². The SMILES string of the molecule is O=C1CC=C2C=CC3=C(C3)OC2=C1Br. The summed E-state index contributed by atoms with van der Waals surface area (Å²) in [4.78, 5) is 11.4. The summed E-state index contributed by atoms with van der Waals surface area (Å²) in [6.07, 6.45) is 7.35. The summed E-state index contributed by atoms with van der Waals surface area (Å²) >= 11 is 3.28. The van der Waals surface area contributed by atoms with E-state index in [0.717, 1.165) is 17.8 Å². The molecule has 0 bridgehead atoms. The number of hydrogen-bond donors (Lipinski definition) is 0. The highest BCUT2D eigenvalue weighted by molar-refractivity contribution is 9.12. The number of carbonyl (C=O) groups excluding carboxylic acids is 1. The van der Waals surface area contributed by atoms with Crippen LogP contribution in [0.3, 0.4) is 0 Å². The molecule has 0 aromatic carbocycles. The van der Waals surface area contributed by atoms with Gasteiger partial charge in [-0.25, -0.2) is 0 Å². The molecule has 0 spiro atoms. The molecule has 0 N–H and O–H groups in total. The average Bonchev–Trinajstić information content (AvgIpc) is 2.89. The summed E-state index contributed by atoms with van der Waals surface area (Å²) in [5.74, 6) is 1.76. The van der Waals surface area contributed by atoms with Crippen LogP contribution in [0.25, 0.3) is 0 Å². The summed E-state index contributed by atoms with van der Waals surface area (Å²) in [5.41, 5.74) is 2.24. The first-order valence-electron chi connectivity index (χ1n) is 4.47. The zero-order chi connectivity index (χ0) is 9.71. The van der Waals surface area contributed by atoms with Crippen molar-refractivity contribution in [1.82, 2.24) is 0 Å². The summed E-state index contributed by atoms with van der Waals surface area (Å²) in [5, 5.41) is 0. The molecule has 1 aliphatic heterocycles. The number of ketones is 1. The van der Waals surface area contributed by atoms with E-state index in [9.17, 15) is 4.79 Å². The maximum Gasteiger partial charge on any atom is 0.177 e. The normalized spacial score (nSPS) is 23.8. The van der Waals surface area contributed by atoms with Crippen molar-refractivity contribution < 1.29 is 9.53 Å². The number of ether oxygens (including phenoxy) is 1. The van der Waals surface area contributed by atoms with Gasteiger partial charge in [0, 0.05) is 18.4 Å². The van der Waals surface area contributed by atoms with Gasteiger partial charge in [0.05, 0.1) is 0 Å². The zero-order valence-corrected chi connectivity index (χ0v) is 8.93. The number of fused-ring (bicyclic) bond motifs is 1. The molecule has 3 heteroatoms. The fourth-order valence-corrected chi connectivity index (χ4v) is 2.05. The Balaban J connectivity index is 2.12. The Labute approximate surface area is 89.8 Å². The van der Waals surface area contributed by atoms with Crippen LogP contribution in [0.5, 0.6) is 0 Å². The van der Waals surface area contributed by atoms with E-state index >= 15 is 0 Å². The van der Waals surface area contributed by atoms with Crippen molar-refractivity contribution in [3.63, 3.8) is 0 Å². The van der Waals surface area contributed by atoms with E-state index < -0.39 is 0 Å². The number of hydrogen-bond acceptors (Lipinski definition) is 2. The molecule has 2 nitrogen and oxygen atoms in total. The molecule has 0 aromatic rings. The fraction of sp³-hybridized carbons (Fsp3) is 0.182. The van der Waals surface area contributed by atoms with E-state index in [4.69, 9.17) is 4.74 Å². The lowest BCUT2D eigenvalue weighted by atomic mass is 10.0. The molecular formula is C11H7BrO2. The van der Waals surface area contributed by atoms with Gasteiger partial charge in [0.15, 0.2) is 11.5 Å². The van der Waals surface area contributed by atoms with Crippen LogP contribution in [-0.4, -0.2) is 5.78 Å². The van der Waals surface area contributed by atoms with Crippen molar-refractivity contribution in [3.8, 4) is 0 Å². The van der Waals surface area contributed by atoms with Gasteiger partial charge in [0.25, 0.3) is 0 Å². The van der Waals surface area contributed by atoms with Crippen molar-refractivity contribution in [3.05, 3.63) is 45.4 Å². The summed E-state index contributed by atoms with van der Waals surface area (Å²) in [6, 6.07) is 0. The van der Waals surface area contributed by atoms with Gasteiger partial charge < -0.3 is 4.74 Å². The molecule has 0 amide bonds. The highest BCUT2D eigenvalue weighted by Crippen LogP contribution is 2.42. The van der Waals surface area contributed by atoms with Gasteiger partial charge in [-0.2, -0.15) is 0 Å². The highest BCUT2D eigenvalue weighted by Gasteiger charge is 2.30. The molecular weight excluding hydrogens is 244 g/mol. The molecule has 70 valence electrons. The van der Waals surface area contributed by atoms with Crippen molar-refractivity contribution in [2.75, 3.05) is 0 Å². The molecule has 0 fully saturated rings. The third-order valence-electron chi connectivity index (χ3n) is 2.49. The first-order valence-corrected chi connectivity index (χ1v) is 5.26. The first kappa shape index (κ1) is 8.24. The lowest BCUT2D eigenvalue weighted by Crippen LogP contribution is -2.07. The molecule has 14 heavy (non-hydrogen) atoms. The number of allylic oxidation sites excluding steroid dienone is 6. The molecule has 0 aromatic heterocycles. The van der Waals surface area contributed by atoms with Gasteiger partial charge in [-0.3, -0.25) is 4.79 Å². The minimum absolute atomic E-state index is 0.0850. The molecule has 0 radical (unpaired) electrons. The van der Waals surface area contributed by atoms with Crippen LogP contribution >= 0.6 is 15.9 Å². The zero-order valence-electron chi connectivity index (χ0n) is 7.34. The minimum atomic E-state index is 0.0850. The average molecular weight is 251 g/mol. The Morgan fingerprint density at radius 3 is 3.07 bits per heavy atom. The Morgan fingerprint density at radius 2 is 2.21 bits per heavy atom. The topological polar surface area (TPSA) is 26.3 Å². The number of rotatable bonds is 0. The molecule has 3 aliphatic rings. The largest absolute Gasteiger partial charge is 0.459 e. The third kappa shape index (κ3) is 1.12. The Bertz CT molecular complexity index is 464. The Morgan fingerprint density at radius 1 is 1.36 bits per heavy atom. The van der Waals surface area contributed by atoms with Gasteiger partial charge in [-0.05, 0) is 21.5 Å². The Hall–Kier alpha value is -1.09. The molecule has 0 unspecified atom stereocenters. The number of carbonyl (C=O) groups is 1. The van der Waals surface area contributed by atoms with Crippen molar-refractivity contribution >= 4 is 21.7 Å². The van der Waals surface area contributed by atoms with Crippen LogP contribution < -0.4 is 0 Å². The van der Waals surface area contributed by atoms with Crippen molar-refractivity contribution in [2.45, 2.75) is 12.8 Å². The monoisotopic (exact) mass is 250 g/mol. The van der Waals surface area contributed by atoms with Crippen molar-refractivity contribution in [2.24, 2.45) is 0 Å². The van der Waals surface area contributed by atoms with Gasteiger partial charge in [0.1, 0.15) is 10.2 Å². The van der Waals surface area contributed by atoms with Crippen LogP contribution in [0.2, 0.25) is 0 Å². The molecule has 0 saturated heterocycles. The molecule has 1 heterocycles. The van der Waals surface area contributed by atoms with Gasteiger partial charge >= 0.3 is 0 Å². The van der Waals surface area contributed by atoms with E-state index in [1.54, 1.807) is 0 Å². The van der Waals surface area contributed by atoms with Crippen LogP contribution in [0.1, 0.15) is 12.8 Å². The second kappa shape index (κ2) is 2.70. The van der Waals surface area contributed by atoms with Crippen molar-refractivity contribution in [1.29, 1.82) is 0 Å². The molecule has 0 saturated carbocycles. The van der Waals surface area contributed by atoms with Gasteiger partial charge in [-0.15, -0.1) is 0 Å². The van der Waals surface area contributed by atoms with E-state index in [1.807, 2.05) is 12.2 Å².